The van der Waals surface area contributed by atoms with Crippen molar-refractivity contribution in [3.63, 3.8) is 0 Å². The van der Waals surface area contributed by atoms with Crippen LogP contribution in [0.4, 0.5) is 0 Å². The van der Waals surface area contributed by atoms with Crippen molar-refractivity contribution in [1.29, 1.82) is 0 Å². The Balaban J connectivity index is 2.56. The first-order valence-corrected chi connectivity index (χ1v) is 6.04. The maximum atomic E-state index is 11.2. The standard InChI is InChI=1S/C12H11Cl2N3O/c1-7(11(15)18)17-6-5-16-12(17)8-3-2-4-9(13)10(8)14/h2-7H,1H3,(H2,15,18). The molecule has 0 aliphatic rings. The number of imidazole rings is 1. The monoisotopic (exact) mass is 283 g/mol. The van der Waals surface area contributed by atoms with Gasteiger partial charge in [0.15, 0.2) is 0 Å². The molecule has 2 aromatic rings. The van der Waals surface area contributed by atoms with Crippen molar-refractivity contribution in [3.05, 3.63) is 40.6 Å². The normalized spacial score (nSPS) is 12.4. The molecule has 94 valence electrons. The van der Waals surface area contributed by atoms with Crippen LogP contribution in [0.3, 0.4) is 0 Å². The molecule has 0 spiro atoms. The van der Waals surface area contributed by atoms with Crippen molar-refractivity contribution in [2.24, 2.45) is 5.73 Å². The van der Waals surface area contributed by atoms with E-state index in [1.807, 2.05) is 0 Å². The first-order valence-electron chi connectivity index (χ1n) is 5.29. The van der Waals surface area contributed by atoms with E-state index in [0.29, 0.717) is 21.4 Å². The Bertz CT molecular complexity index is 595. The van der Waals surface area contributed by atoms with E-state index in [1.165, 1.54) is 0 Å². The summed E-state index contributed by atoms with van der Waals surface area (Å²) >= 11 is 12.1. The molecule has 1 amide bonds. The van der Waals surface area contributed by atoms with Crippen LogP contribution in [-0.2, 0) is 4.79 Å². The maximum absolute atomic E-state index is 11.2. The van der Waals surface area contributed by atoms with E-state index < -0.39 is 11.9 Å². The van der Waals surface area contributed by atoms with Gasteiger partial charge in [-0.25, -0.2) is 4.98 Å². The second kappa shape index (κ2) is 5.00. The third kappa shape index (κ3) is 2.21. The number of nitrogens with two attached hydrogens (primary N) is 1. The third-order valence-electron chi connectivity index (χ3n) is 2.69. The maximum Gasteiger partial charge on any atom is 0.240 e. The minimum Gasteiger partial charge on any atom is -0.368 e. The van der Waals surface area contributed by atoms with Crippen LogP contribution in [0.25, 0.3) is 11.4 Å². The van der Waals surface area contributed by atoms with Crippen LogP contribution in [0.15, 0.2) is 30.6 Å². The van der Waals surface area contributed by atoms with Crippen LogP contribution < -0.4 is 5.73 Å². The average molecular weight is 284 g/mol. The summed E-state index contributed by atoms with van der Waals surface area (Å²) in [7, 11) is 0. The molecule has 1 unspecified atom stereocenters. The lowest BCUT2D eigenvalue weighted by Gasteiger charge is -2.14. The van der Waals surface area contributed by atoms with E-state index >= 15 is 0 Å². The zero-order valence-electron chi connectivity index (χ0n) is 9.60. The highest BCUT2D eigenvalue weighted by Crippen LogP contribution is 2.33. The van der Waals surface area contributed by atoms with E-state index in [1.54, 1.807) is 42.1 Å². The number of carbonyl (C=O) groups excluding carboxylic acids is 1. The highest BCUT2D eigenvalue weighted by Gasteiger charge is 2.18. The van der Waals surface area contributed by atoms with Gasteiger partial charge in [-0.15, -0.1) is 0 Å². The molecule has 18 heavy (non-hydrogen) atoms. The second-order valence-electron chi connectivity index (χ2n) is 3.84. The number of hydrogen-bond acceptors (Lipinski definition) is 2. The number of halogens is 2. The van der Waals surface area contributed by atoms with Crippen LogP contribution in [0, 0.1) is 0 Å². The number of benzene rings is 1. The van der Waals surface area contributed by atoms with Gasteiger partial charge in [-0.2, -0.15) is 0 Å². The van der Waals surface area contributed by atoms with Gasteiger partial charge in [0.1, 0.15) is 11.9 Å². The number of hydrogen-bond donors (Lipinski definition) is 1. The summed E-state index contributed by atoms with van der Waals surface area (Å²) in [6.07, 6.45) is 3.27. The highest BCUT2D eigenvalue weighted by molar-refractivity contribution is 6.43. The molecule has 2 N–H and O–H groups in total. The van der Waals surface area contributed by atoms with Crippen LogP contribution in [0.5, 0.6) is 0 Å². The van der Waals surface area contributed by atoms with Crippen molar-refractivity contribution in [2.45, 2.75) is 13.0 Å². The molecule has 0 bridgehead atoms. The smallest absolute Gasteiger partial charge is 0.240 e. The molecule has 0 saturated carbocycles. The fourth-order valence-electron chi connectivity index (χ4n) is 1.65. The number of primary amides is 1. The SMILES string of the molecule is CC(C(N)=O)n1ccnc1-c1cccc(Cl)c1Cl. The molecule has 0 saturated heterocycles. The molecule has 0 aliphatic carbocycles. The molecule has 1 aromatic carbocycles. The lowest BCUT2D eigenvalue weighted by atomic mass is 10.2. The molecule has 0 radical (unpaired) electrons. The number of amides is 1. The minimum atomic E-state index is -0.502. The van der Waals surface area contributed by atoms with Crippen LogP contribution in [0.1, 0.15) is 13.0 Å². The molecule has 1 heterocycles. The number of nitrogens with zero attached hydrogens (tertiary/aromatic N) is 2. The Hall–Kier alpha value is -1.52. The van der Waals surface area contributed by atoms with Gasteiger partial charge < -0.3 is 10.3 Å². The van der Waals surface area contributed by atoms with Gasteiger partial charge in [0, 0.05) is 18.0 Å². The number of rotatable bonds is 3. The number of aromatic nitrogens is 2. The number of carbonyl (C=O) groups is 1. The van der Waals surface area contributed by atoms with E-state index in [4.69, 9.17) is 28.9 Å². The summed E-state index contributed by atoms with van der Waals surface area (Å²) in [6, 6.07) is 4.76. The van der Waals surface area contributed by atoms with Crippen molar-refractivity contribution >= 4 is 29.1 Å². The molecule has 0 aliphatic heterocycles. The van der Waals surface area contributed by atoms with E-state index in [2.05, 4.69) is 4.98 Å². The lowest BCUT2D eigenvalue weighted by Crippen LogP contribution is -2.24. The molecule has 0 fully saturated rings. The first kappa shape index (κ1) is 12.9. The lowest BCUT2D eigenvalue weighted by molar-refractivity contribution is -0.120. The van der Waals surface area contributed by atoms with Crippen LogP contribution in [0.2, 0.25) is 10.0 Å². The summed E-state index contributed by atoms with van der Waals surface area (Å²) < 4.78 is 1.67. The Labute approximate surface area is 114 Å². The van der Waals surface area contributed by atoms with Gasteiger partial charge in [-0.05, 0) is 19.1 Å². The molecule has 1 atom stereocenters. The first-order chi connectivity index (χ1) is 8.52. The predicted octanol–water partition coefficient (Wildman–Crippen LogP) is 2.90. The summed E-state index contributed by atoms with van der Waals surface area (Å²) in [5.41, 5.74) is 5.96. The van der Waals surface area contributed by atoms with Gasteiger partial charge in [0.25, 0.3) is 0 Å². The van der Waals surface area contributed by atoms with Crippen LogP contribution >= 0.6 is 23.2 Å². The van der Waals surface area contributed by atoms with Gasteiger partial charge in [0.05, 0.1) is 10.0 Å². The fourth-order valence-corrected chi connectivity index (χ4v) is 2.03. The van der Waals surface area contributed by atoms with Crippen LogP contribution in [-0.4, -0.2) is 15.5 Å². The molecular weight excluding hydrogens is 273 g/mol. The Morgan fingerprint density at radius 3 is 2.83 bits per heavy atom. The molecular formula is C12H11Cl2N3O. The summed E-state index contributed by atoms with van der Waals surface area (Å²) in [5, 5.41) is 0.846. The largest absolute Gasteiger partial charge is 0.368 e. The summed E-state index contributed by atoms with van der Waals surface area (Å²) in [4.78, 5) is 15.5. The second-order valence-corrected chi connectivity index (χ2v) is 4.62. The quantitative estimate of drug-likeness (QED) is 0.942. The van der Waals surface area contributed by atoms with Crippen molar-refractivity contribution in [2.75, 3.05) is 0 Å². The topological polar surface area (TPSA) is 60.9 Å². The van der Waals surface area contributed by atoms with Crippen molar-refractivity contribution in [3.8, 4) is 11.4 Å². The zero-order valence-corrected chi connectivity index (χ0v) is 11.1. The average Bonchev–Trinajstić information content (AvgIpc) is 2.80. The van der Waals surface area contributed by atoms with Gasteiger partial charge in [0.2, 0.25) is 5.91 Å². The molecule has 1 aromatic heterocycles. The van der Waals surface area contributed by atoms with Crippen molar-refractivity contribution < 1.29 is 4.79 Å². The minimum absolute atomic E-state index is 0.406. The zero-order chi connectivity index (χ0) is 13.3. The predicted molar refractivity (Wildman–Crippen MR) is 71.6 cm³/mol. The van der Waals surface area contributed by atoms with Gasteiger partial charge in [-0.3, -0.25) is 4.79 Å². The summed E-state index contributed by atoms with van der Waals surface area (Å²) in [5.74, 6) is 0.126. The molecule has 2 rings (SSSR count). The Morgan fingerprint density at radius 2 is 2.17 bits per heavy atom. The summed E-state index contributed by atoms with van der Waals surface area (Å²) in [6.45, 7) is 1.70. The van der Waals surface area contributed by atoms with Gasteiger partial charge >= 0.3 is 0 Å². The molecule has 4 nitrogen and oxygen atoms in total. The molecule has 6 heteroatoms. The van der Waals surface area contributed by atoms with Crippen molar-refractivity contribution in [1.82, 2.24) is 9.55 Å². The highest BCUT2D eigenvalue weighted by atomic mass is 35.5. The Morgan fingerprint density at radius 1 is 1.44 bits per heavy atom. The third-order valence-corrected chi connectivity index (χ3v) is 3.51. The van der Waals surface area contributed by atoms with Gasteiger partial charge in [-0.1, -0.05) is 29.3 Å². The van der Waals surface area contributed by atoms with E-state index in [-0.39, 0.29) is 0 Å². The Kier molecular flexibility index (Phi) is 3.59. The fraction of sp³-hybridized carbons (Fsp3) is 0.167. The van der Waals surface area contributed by atoms with E-state index in [0.717, 1.165) is 0 Å². The van der Waals surface area contributed by atoms with E-state index in [9.17, 15) is 4.79 Å².